The molecule has 0 aliphatic heterocycles. The SMILES string of the molecule is COc1cc(NCc2cc(C(=O)O)co2)c(OC)cc1Cl. The van der Waals surface area contributed by atoms with Crippen LogP contribution in [-0.4, -0.2) is 25.3 Å². The van der Waals surface area contributed by atoms with Gasteiger partial charge in [0.25, 0.3) is 0 Å². The van der Waals surface area contributed by atoms with Crippen molar-refractivity contribution in [3.63, 3.8) is 0 Å². The smallest absolute Gasteiger partial charge is 0.338 e. The van der Waals surface area contributed by atoms with Gasteiger partial charge in [0.05, 0.1) is 37.0 Å². The Bertz CT molecular complexity index is 653. The summed E-state index contributed by atoms with van der Waals surface area (Å²) in [5.41, 5.74) is 0.763. The van der Waals surface area contributed by atoms with Crippen molar-refractivity contribution in [2.45, 2.75) is 6.54 Å². The molecule has 0 aliphatic carbocycles. The average molecular weight is 312 g/mol. The van der Waals surface area contributed by atoms with E-state index in [4.69, 9.17) is 30.6 Å². The number of hydrogen-bond donors (Lipinski definition) is 2. The third-order valence-corrected chi connectivity index (χ3v) is 3.12. The van der Waals surface area contributed by atoms with Crippen LogP contribution in [-0.2, 0) is 6.54 Å². The summed E-state index contributed by atoms with van der Waals surface area (Å²) in [6.45, 7) is 0.300. The predicted octanol–water partition coefficient (Wildman–Crippen LogP) is 3.26. The first-order chi connectivity index (χ1) is 10.0. The normalized spacial score (nSPS) is 10.2. The highest BCUT2D eigenvalue weighted by Gasteiger charge is 2.12. The van der Waals surface area contributed by atoms with Gasteiger partial charge >= 0.3 is 5.97 Å². The molecule has 0 spiro atoms. The minimum atomic E-state index is -1.03. The molecule has 7 heteroatoms. The van der Waals surface area contributed by atoms with Gasteiger partial charge in [0.1, 0.15) is 23.5 Å². The van der Waals surface area contributed by atoms with Crippen LogP contribution in [0.1, 0.15) is 16.1 Å². The second-order valence-corrected chi connectivity index (χ2v) is 4.55. The number of anilines is 1. The van der Waals surface area contributed by atoms with E-state index in [-0.39, 0.29) is 5.56 Å². The number of halogens is 1. The monoisotopic (exact) mass is 311 g/mol. The molecule has 0 radical (unpaired) electrons. The Labute approximate surface area is 126 Å². The molecule has 0 fully saturated rings. The van der Waals surface area contributed by atoms with Gasteiger partial charge < -0.3 is 24.3 Å². The van der Waals surface area contributed by atoms with Crippen LogP contribution in [0.2, 0.25) is 5.02 Å². The molecule has 0 saturated carbocycles. The summed E-state index contributed by atoms with van der Waals surface area (Å²) in [4.78, 5) is 10.8. The number of methoxy groups -OCH3 is 2. The molecule has 2 aromatic rings. The fourth-order valence-electron chi connectivity index (χ4n) is 1.77. The number of carboxylic acids is 1. The lowest BCUT2D eigenvalue weighted by atomic mass is 10.2. The molecule has 0 aliphatic rings. The lowest BCUT2D eigenvalue weighted by Crippen LogP contribution is -2.01. The topological polar surface area (TPSA) is 80.9 Å². The van der Waals surface area contributed by atoms with E-state index in [1.54, 1.807) is 12.1 Å². The fraction of sp³-hybridized carbons (Fsp3) is 0.214. The lowest BCUT2D eigenvalue weighted by Gasteiger charge is -2.13. The first-order valence-electron chi connectivity index (χ1n) is 6.01. The Morgan fingerprint density at radius 2 is 2.00 bits per heavy atom. The Hall–Kier alpha value is -2.34. The van der Waals surface area contributed by atoms with Crippen molar-refractivity contribution in [2.24, 2.45) is 0 Å². The fourth-order valence-corrected chi connectivity index (χ4v) is 2.00. The Balaban J connectivity index is 2.16. The maximum absolute atomic E-state index is 10.8. The number of carbonyl (C=O) groups is 1. The van der Waals surface area contributed by atoms with Crippen LogP contribution in [0.25, 0.3) is 0 Å². The molecule has 2 rings (SSSR count). The maximum atomic E-state index is 10.8. The van der Waals surface area contributed by atoms with Crippen molar-refractivity contribution in [2.75, 3.05) is 19.5 Å². The van der Waals surface area contributed by atoms with Crippen LogP contribution in [0.15, 0.2) is 28.9 Å². The zero-order valence-corrected chi connectivity index (χ0v) is 12.2. The molecule has 6 nitrogen and oxygen atoms in total. The summed E-state index contributed by atoms with van der Waals surface area (Å²) in [6.07, 6.45) is 1.19. The van der Waals surface area contributed by atoms with Crippen LogP contribution in [0.4, 0.5) is 5.69 Å². The number of rotatable bonds is 6. The minimum Gasteiger partial charge on any atom is -0.495 e. The van der Waals surface area contributed by atoms with Crippen LogP contribution in [0, 0.1) is 0 Å². The maximum Gasteiger partial charge on any atom is 0.338 e. The van der Waals surface area contributed by atoms with Gasteiger partial charge in [-0.2, -0.15) is 0 Å². The number of ether oxygens (including phenoxy) is 2. The number of hydrogen-bond acceptors (Lipinski definition) is 5. The minimum absolute atomic E-state index is 0.104. The molecular formula is C14H14ClNO5. The first kappa shape index (κ1) is 15.1. The van der Waals surface area contributed by atoms with Gasteiger partial charge in [-0.3, -0.25) is 0 Å². The van der Waals surface area contributed by atoms with E-state index in [1.165, 1.54) is 26.5 Å². The highest BCUT2D eigenvalue weighted by Crippen LogP contribution is 2.36. The number of furan rings is 1. The Morgan fingerprint density at radius 1 is 1.29 bits per heavy atom. The Morgan fingerprint density at radius 3 is 2.57 bits per heavy atom. The molecule has 0 atom stereocenters. The molecule has 0 saturated heterocycles. The number of nitrogens with one attached hydrogen (secondary N) is 1. The number of carboxylic acid groups (broad SMARTS) is 1. The van der Waals surface area contributed by atoms with Crippen LogP contribution in [0.3, 0.4) is 0 Å². The summed E-state index contributed by atoms with van der Waals surface area (Å²) >= 11 is 6.02. The number of aromatic carboxylic acids is 1. The van der Waals surface area contributed by atoms with E-state index >= 15 is 0 Å². The van der Waals surface area contributed by atoms with Crippen molar-refractivity contribution in [3.05, 3.63) is 40.8 Å². The molecule has 0 bridgehead atoms. The average Bonchev–Trinajstić information content (AvgIpc) is 2.94. The summed E-state index contributed by atoms with van der Waals surface area (Å²) in [5, 5.41) is 12.4. The first-order valence-corrected chi connectivity index (χ1v) is 6.39. The third kappa shape index (κ3) is 3.41. The molecular weight excluding hydrogens is 298 g/mol. The van der Waals surface area contributed by atoms with Gasteiger partial charge in [0.2, 0.25) is 0 Å². The second kappa shape index (κ2) is 6.41. The zero-order valence-electron chi connectivity index (χ0n) is 11.5. The molecule has 2 N–H and O–H groups in total. The molecule has 0 amide bonds. The van der Waals surface area contributed by atoms with Crippen molar-refractivity contribution < 1.29 is 23.8 Å². The van der Waals surface area contributed by atoms with E-state index in [1.807, 2.05) is 0 Å². The van der Waals surface area contributed by atoms with E-state index in [0.29, 0.717) is 34.5 Å². The van der Waals surface area contributed by atoms with Gasteiger partial charge in [0.15, 0.2) is 0 Å². The van der Waals surface area contributed by atoms with E-state index < -0.39 is 5.97 Å². The lowest BCUT2D eigenvalue weighted by molar-refractivity contribution is 0.0696. The second-order valence-electron chi connectivity index (χ2n) is 4.15. The highest BCUT2D eigenvalue weighted by atomic mass is 35.5. The van der Waals surface area contributed by atoms with Crippen LogP contribution in [0.5, 0.6) is 11.5 Å². The molecule has 112 valence electrons. The van der Waals surface area contributed by atoms with Crippen molar-refractivity contribution in [1.82, 2.24) is 0 Å². The van der Waals surface area contributed by atoms with E-state index in [0.717, 1.165) is 0 Å². The van der Waals surface area contributed by atoms with Gasteiger partial charge in [-0.15, -0.1) is 0 Å². The van der Waals surface area contributed by atoms with Crippen LogP contribution < -0.4 is 14.8 Å². The Kier molecular flexibility index (Phi) is 4.59. The van der Waals surface area contributed by atoms with E-state index in [2.05, 4.69) is 5.32 Å². The van der Waals surface area contributed by atoms with Crippen molar-refractivity contribution >= 4 is 23.3 Å². The summed E-state index contributed by atoms with van der Waals surface area (Å²) in [5.74, 6) is 0.510. The van der Waals surface area contributed by atoms with Gasteiger partial charge in [0, 0.05) is 12.1 Å². The van der Waals surface area contributed by atoms with Gasteiger partial charge in [-0.05, 0) is 6.07 Å². The largest absolute Gasteiger partial charge is 0.495 e. The van der Waals surface area contributed by atoms with Crippen LogP contribution >= 0.6 is 11.6 Å². The zero-order chi connectivity index (χ0) is 15.4. The standard InChI is InChI=1S/C14H14ClNO5/c1-19-12-5-11(13(20-2)4-10(12)15)16-6-9-3-8(7-21-9)14(17)18/h3-5,7,16H,6H2,1-2H3,(H,17,18). The third-order valence-electron chi connectivity index (χ3n) is 2.83. The molecule has 1 aromatic heterocycles. The van der Waals surface area contributed by atoms with Gasteiger partial charge in [-0.25, -0.2) is 4.79 Å². The quantitative estimate of drug-likeness (QED) is 0.852. The molecule has 0 unspecified atom stereocenters. The van der Waals surface area contributed by atoms with Crippen molar-refractivity contribution in [3.8, 4) is 11.5 Å². The number of benzene rings is 1. The molecule has 1 aromatic carbocycles. The highest BCUT2D eigenvalue weighted by molar-refractivity contribution is 6.32. The summed E-state index contributed by atoms with van der Waals surface area (Å²) in [7, 11) is 3.04. The van der Waals surface area contributed by atoms with E-state index in [9.17, 15) is 4.79 Å². The van der Waals surface area contributed by atoms with Gasteiger partial charge in [-0.1, -0.05) is 11.6 Å². The summed E-state index contributed by atoms with van der Waals surface area (Å²) in [6, 6.07) is 4.78. The predicted molar refractivity (Wildman–Crippen MR) is 77.6 cm³/mol. The van der Waals surface area contributed by atoms with Crippen molar-refractivity contribution in [1.29, 1.82) is 0 Å². The summed E-state index contributed by atoms with van der Waals surface area (Å²) < 4.78 is 15.5. The molecule has 21 heavy (non-hydrogen) atoms. The molecule has 1 heterocycles.